The van der Waals surface area contributed by atoms with E-state index in [0.717, 1.165) is 18.2 Å². The van der Waals surface area contributed by atoms with Crippen molar-refractivity contribution in [3.05, 3.63) is 63.3 Å². The van der Waals surface area contributed by atoms with Crippen molar-refractivity contribution in [2.45, 2.75) is 32.2 Å². The minimum Gasteiger partial charge on any atom is -0.391 e. The minimum atomic E-state index is -4.48. The van der Waals surface area contributed by atoms with Gasteiger partial charge in [-0.25, -0.2) is 4.98 Å². The number of aromatic nitrogens is 2. The second-order valence-electron chi connectivity index (χ2n) is 5.53. The van der Waals surface area contributed by atoms with Crippen LogP contribution >= 0.6 is 0 Å². The molecule has 0 saturated heterocycles. The molecule has 2 rings (SSSR count). The molecule has 0 bridgehead atoms. The zero-order valence-corrected chi connectivity index (χ0v) is 13.4. The topological polar surface area (TPSA) is 95.1 Å². The molecule has 1 amide bonds. The molecule has 2 atom stereocenters. The van der Waals surface area contributed by atoms with Crippen molar-refractivity contribution < 1.29 is 23.1 Å². The van der Waals surface area contributed by atoms with Gasteiger partial charge in [-0.2, -0.15) is 13.2 Å². The third-order valence-electron chi connectivity index (χ3n) is 3.46. The molecule has 0 spiro atoms. The highest BCUT2D eigenvalue weighted by molar-refractivity contribution is 5.92. The maximum Gasteiger partial charge on any atom is 0.416 e. The van der Waals surface area contributed by atoms with E-state index >= 15 is 0 Å². The predicted octanol–water partition coefficient (Wildman–Crippen LogP) is 1.95. The Morgan fingerprint density at radius 1 is 1.28 bits per heavy atom. The van der Waals surface area contributed by atoms with Gasteiger partial charge in [0.1, 0.15) is 11.5 Å². The van der Waals surface area contributed by atoms with Crippen molar-refractivity contribution in [3.63, 3.8) is 0 Å². The Kier molecular flexibility index (Phi) is 5.27. The van der Waals surface area contributed by atoms with Gasteiger partial charge in [-0.15, -0.1) is 0 Å². The number of nitrogens with one attached hydrogen (secondary N) is 2. The van der Waals surface area contributed by atoms with Gasteiger partial charge in [0.05, 0.1) is 17.7 Å². The number of aryl methyl sites for hydroxylation is 1. The highest BCUT2D eigenvalue weighted by atomic mass is 19.4. The summed E-state index contributed by atoms with van der Waals surface area (Å²) < 4.78 is 37.9. The van der Waals surface area contributed by atoms with Crippen LogP contribution in [0.2, 0.25) is 0 Å². The fourth-order valence-corrected chi connectivity index (χ4v) is 2.27. The number of halogens is 3. The van der Waals surface area contributed by atoms with E-state index in [0.29, 0.717) is 0 Å². The Morgan fingerprint density at radius 3 is 2.36 bits per heavy atom. The Bertz CT molecular complexity index is 814. The zero-order chi connectivity index (χ0) is 18.8. The molecule has 1 heterocycles. The van der Waals surface area contributed by atoms with Crippen molar-refractivity contribution in [1.29, 1.82) is 0 Å². The number of carbonyl (C=O) groups excluding carboxylic acids is 1. The molecule has 9 heteroatoms. The van der Waals surface area contributed by atoms with Gasteiger partial charge in [-0.05, 0) is 31.5 Å². The lowest BCUT2D eigenvalue weighted by Gasteiger charge is -2.22. The van der Waals surface area contributed by atoms with Gasteiger partial charge >= 0.3 is 6.18 Å². The summed E-state index contributed by atoms with van der Waals surface area (Å²) >= 11 is 0. The van der Waals surface area contributed by atoms with Crippen LogP contribution in [-0.4, -0.2) is 27.1 Å². The van der Waals surface area contributed by atoms with Crippen molar-refractivity contribution in [1.82, 2.24) is 15.3 Å². The molecule has 2 aromatic rings. The fraction of sp³-hybridized carbons (Fsp3) is 0.312. The summed E-state index contributed by atoms with van der Waals surface area (Å²) in [5, 5.41) is 12.4. The first kappa shape index (κ1) is 18.7. The summed E-state index contributed by atoms with van der Waals surface area (Å²) in [5.74, 6) is -0.485. The van der Waals surface area contributed by atoms with Crippen LogP contribution in [0.5, 0.6) is 0 Å². The third kappa shape index (κ3) is 4.66. The summed E-state index contributed by atoms with van der Waals surface area (Å²) in [5.41, 5.74) is -1.21. The highest BCUT2D eigenvalue weighted by Crippen LogP contribution is 2.30. The lowest BCUT2D eigenvalue weighted by molar-refractivity contribution is -0.137. The standard InChI is InChI=1S/C16H16F3N3O3/c1-8(23)14(10-3-5-11(6-4-10)16(17,18)19)22-15(25)12-7-13(24)21-9(2)20-12/h3-8,14,23H,1-2H3,(H,22,25)(H,20,21,24)/t8-,14+/m0/s1. The minimum absolute atomic E-state index is 0.154. The Labute approximate surface area is 140 Å². The van der Waals surface area contributed by atoms with Crippen molar-refractivity contribution in [2.24, 2.45) is 0 Å². The summed E-state index contributed by atoms with van der Waals surface area (Å²) in [7, 11) is 0. The maximum atomic E-state index is 12.6. The van der Waals surface area contributed by atoms with Crippen LogP contribution in [0.1, 0.15) is 40.4 Å². The molecule has 134 valence electrons. The van der Waals surface area contributed by atoms with Gasteiger partial charge in [0.15, 0.2) is 0 Å². The quantitative estimate of drug-likeness (QED) is 0.781. The summed E-state index contributed by atoms with van der Waals surface area (Å²) in [6.07, 6.45) is -5.56. The normalized spacial score (nSPS) is 14.0. The number of H-pyrrole nitrogens is 1. The summed E-state index contributed by atoms with van der Waals surface area (Å²) in [4.78, 5) is 29.9. The molecule has 0 aliphatic rings. The zero-order valence-electron chi connectivity index (χ0n) is 13.4. The molecule has 0 radical (unpaired) electrons. The van der Waals surface area contributed by atoms with Gasteiger partial charge in [0, 0.05) is 6.07 Å². The molecule has 1 aromatic heterocycles. The number of amides is 1. The Balaban J connectivity index is 2.26. The number of alkyl halides is 3. The van der Waals surface area contributed by atoms with Gasteiger partial charge in [0.25, 0.3) is 11.5 Å². The lowest BCUT2D eigenvalue weighted by Crippen LogP contribution is -2.36. The number of benzene rings is 1. The third-order valence-corrected chi connectivity index (χ3v) is 3.46. The van der Waals surface area contributed by atoms with E-state index in [9.17, 15) is 27.9 Å². The number of aliphatic hydroxyl groups excluding tert-OH is 1. The molecule has 0 unspecified atom stereocenters. The molecule has 0 saturated carbocycles. The smallest absolute Gasteiger partial charge is 0.391 e. The van der Waals surface area contributed by atoms with Crippen LogP contribution < -0.4 is 10.9 Å². The largest absolute Gasteiger partial charge is 0.416 e. The first-order valence-electron chi connectivity index (χ1n) is 7.32. The summed E-state index contributed by atoms with van der Waals surface area (Å²) in [6, 6.07) is 4.12. The van der Waals surface area contributed by atoms with Crippen LogP contribution in [0.4, 0.5) is 13.2 Å². The highest BCUT2D eigenvalue weighted by Gasteiger charge is 2.30. The van der Waals surface area contributed by atoms with Crippen molar-refractivity contribution in [3.8, 4) is 0 Å². The second-order valence-corrected chi connectivity index (χ2v) is 5.53. The van der Waals surface area contributed by atoms with Crippen LogP contribution in [0.25, 0.3) is 0 Å². The van der Waals surface area contributed by atoms with Crippen molar-refractivity contribution in [2.75, 3.05) is 0 Å². The Hall–Kier alpha value is -2.68. The first-order chi connectivity index (χ1) is 11.6. The van der Waals surface area contributed by atoms with Crippen LogP contribution in [0.3, 0.4) is 0 Å². The van der Waals surface area contributed by atoms with E-state index in [1.165, 1.54) is 26.0 Å². The van der Waals surface area contributed by atoms with Gasteiger partial charge < -0.3 is 15.4 Å². The van der Waals surface area contributed by atoms with E-state index in [1.807, 2.05) is 0 Å². The average molecular weight is 355 g/mol. The van der Waals surface area contributed by atoms with E-state index in [1.54, 1.807) is 0 Å². The molecule has 3 N–H and O–H groups in total. The number of aliphatic hydroxyl groups is 1. The Morgan fingerprint density at radius 2 is 1.88 bits per heavy atom. The molecule has 0 aliphatic carbocycles. The lowest BCUT2D eigenvalue weighted by atomic mass is 10.0. The molecular weight excluding hydrogens is 339 g/mol. The number of rotatable bonds is 4. The monoisotopic (exact) mass is 355 g/mol. The molecule has 0 fully saturated rings. The van der Waals surface area contributed by atoms with Crippen LogP contribution in [0.15, 0.2) is 35.1 Å². The molecular formula is C16H16F3N3O3. The molecule has 25 heavy (non-hydrogen) atoms. The van der Waals surface area contributed by atoms with E-state index < -0.39 is 35.4 Å². The van der Waals surface area contributed by atoms with E-state index in [2.05, 4.69) is 15.3 Å². The van der Waals surface area contributed by atoms with E-state index in [-0.39, 0.29) is 17.1 Å². The summed E-state index contributed by atoms with van der Waals surface area (Å²) in [6.45, 7) is 2.89. The first-order valence-corrected chi connectivity index (χ1v) is 7.32. The van der Waals surface area contributed by atoms with Gasteiger partial charge in [-0.1, -0.05) is 12.1 Å². The van der Waals surface area contributed by atoms with E-state index in [4.69, 9.17) is 0 Å². The predicted molar refractivity (Wildman–Crippen MR) is 82.9 cm³/mol. The molecule has 0 aliphatic heterocycles. The number of aromatic amines is 1. The SMILES string of the molecule is Cc1nc(C(=O)N[C@@H](c2ccc(C(F)(F)F)cc2)[C@H](C)O)cc(=O)[nH]1. The number of carbonyl (C=O) groups is 1. The van der Waals surface area contributed by atoms with Gasteiger partial charge in [-0.3, -0.25) is 9.59 Å². The van der Waals surface area contributed by atoms with Crippen LogP contribution in [0, 0.1) is 6.92 Å². The maximum absolute atomic E-state index is 12.6. The fourth-order valence-electron chi connectivity index (χ4n) is 2.27. The molecule has 1 aromatic carbocycles. The number of hydrogen-bond acceptors (Lipinski definition) is 4. The average Bonchev–Trinajstić information content (AvgIpc) is 2.50. The van der Waals surface area contributed by atoms with Gasteiger partial charge in [0.2, 0.25) is 0 Å². The second kappa shape index (κ2) is 7.06. The molecule has 6 nitrogen and oxygen atoms in total. The number of hydrogen-bond donors (Lipinski definition) is 3. The van der Waals surface area contributed by atoms with Crippen LogP contribution in [-0.2, 0) is 6.18 Å². The van der Waals surface area contributed by atoms with Crippen molar-refractivity contribution >= 4 is 5.91 Å². The number of nitrogens with zero attached hydrogens (tertiary/aromatic N) is 1.